The molecule has 0 aliphatic rings. The van der Waals surface area contributed by atoms with Gasteiger partial charge in [0.05, 0.1) is 30.4 Å². The van der Waals surface area contributed by atoms with E-state index in [2.05, 4.69) is 4.98 Å². The number of aromatic carboxylic acids is 1. The summed E-state index contributed by atoms with van der Waals surface area (Å²) in [6, 6.07) is 1.28. The summed E-state index contributed by atoms with van der Waals surface area (Å²) in [5.74, 6) is -1.86. The average molecular weight is 336 g/mol. The molecule has 118 valence electrons. The number of carboxylic acid groups (broad SMARTS) is 1. The Kier molecular flexibility index (Phi) is 4.06. The number of ether oxygens (including phenoxy) is 2. The number of fused-ring (bicyclic) bond motifs is 1. The first-order chi connectivity index (χ1) is 10.2. The number of alkyl halides is 3. The van der Waals surface area contributed by atoms with Crippen molar-refractivity contribution in [3.05, 3.63) is 28.4 Å². The van der Waals surface area contributed by atoms with Crippen LogP contribution in [0, 0.1) is 0 Å². The van der Waals surface area contributed by atoms with Crippen molar-refractivity contribution in [3.8, 4) is 11.5 Å². The van der Waals surface area contributed by atoms with Gasteiger partial charge in [-0.05, 0) is 0 Å². The van der Waals surface area contributed by atoms with Gasteiger partial charge in [-0.1, -0.05) is 11.6 Å². The van der Waals surface area contributed by atoms with Crippen LogP contribution in [0.15, 0.2) is 12.3 Å². The molecule has 9 heteroatoms. The fourth-order valence-electron chi connectivity index (χ4n) is 2.05. The van der Waals surface area contributed by atoms with Crippen LogP contribution in [0.25, 0.3) is 10.9 Å². The zero-order valence-corrected chi connectivity index (χ0v) is 12.0. The van der Waals surface area contributed by atoms with Gasteiger partial charge in [-0.2, -0.15) is 13.2 Å². The Bertz CT molecular complexity index is 761. The molecule has 0 aliphatic carbocycles. The topological polar surface area (TPSA) is 68.7 Å². The molecule has 1 aromatic carbocycles. The van der Waals surface area contributed by atoms with Crippen molar-refractivity contribution in [1.29, 1.82) is 0 Å². The molecule has 22 heavy (non-hydrogen) atoms. The minimum absolute atomic E-state index is 0.0151. The lowest BCUT2D eigenvalue weighted by Gasteiger charge is -2.17. The van der Waals surface area contributed by atoms with Gasteiger partial charge in [-0.3, -0.25) is 4.98 Å². The molecule has 1 heterocycles. The zero-order valence-electron chi connectivity index (χ0n) is 11.3. The summed E-state index contributed by atoms with van der Waals surface area (Å²) in [4.78, 5) is 14.8. The second kappa shape index (κ2) is 5.53. The molecule has 2 rings (SSSR count). The molecule has 0 saturated heterocycles. The van der Waals surface area contributed by atoms with E-state index in [0.29, 0.717) is 6.20 Å². The summed E-state index contributed by atoms with van der Waals surface area (Å²) < 4.78 is 50.0. The highest BCUT2D eigenvalue weighted by molar-refractivity contribution is 6.37. The summed E-state index contributed by atoms with van der Waals surface area (Å²) in [5, 5.41) is 8.02. The SMILES string of the molecule is COc1cc(OC)c2ncc(C(=O)O)c(C(F)(F)F)c2c1Cl. The molecular weight excluding hydrogens is 327 g/mol. The number of methoxy groups -OCH3 is 2. The van der Waals surface area contributed by atoms with Crippen LogP contribution in [0.4, 0.5) is 13.2 Å². The van der Waals surface area contributed by atoms with E-state index in [1.165, 1.54) is 20.3 Å². The monoisotopic (exact) mass is 335 g/mol. The van der Waals surface area contributed by atoms with Gasteiger partial charge in [-0.15, -0.1) is 0 Å². The maximum atomic E-state index is 13.4. The molecule has 0 aliphatic heterocycles. The van der Waals surface area contributed by atoms with E-state index < -0.39 is 28.7 Å². The molecule has 0 spiro atoms. The Morgan fingerprint density at radius 1 is 1.27 bits per heavy atom. The molecule has 1 N–H and O–H groups in total. The van der Waals surface area contributed by atoms with Crippen LogP contribution in [0.2, 0.25) is 5.02 Å². The van der Waals surface area contributed by atoms with Gasteiger partial charge in [0.2, 0.25) is 0 Å². The smallest absolute Gasteiger partial charge is 0.418 e. The van der Waals surface area contributed by atoms with Gasteiger partial charge in [0.1, 0.15) is 17.0 Å². The first kappa shape index (κ1) is 16.2. The van der Waals surface area contributed by atoms with Gasteiger partial charge in [-0.25, -0.2) is 4.79 Å². The van der Waals surface area contributed by atoms with Gasteiger partial charge < -0.3 is 14.6 Å². The number of halogens is 4. The van der Waals surface area contributed by atoms with Gasteiger partial charge in [0.15, 0.2) is 0 Å². The summed E-state index contributed by atoms with van der Waals surface area (Å²) in [7, 11) is 2.45. The maximum absolute atomic E-state index is 13.4. The molecular formula is C13H9ClF3NO4. The standard InChI is InChI=1S/C13H9ClF3NO4/c1-21-6-3-7(22-2)11-8(10(6)14)9(13(15,16)17)5(4-18-11)12(19)20/h3-4H,1-2H3,(H,19,20). The van der Waals surface area contributed by atoms with E-state index in [1.807, 2.05) is 0 Å². The fourth-order valence-corrected chi connectivity index (χ4v) is 2.36. The lowest BCUT2D eigenvalue weighted by molar-refractivity contribution is -0.136. The summed E-state index contributed by atoms with van der Waals surface area (Å²) in [6.07, 6.45) is -4.32. The Morgan fingerprint density at radius 3 is 2.32 bits per heavy atom. The molecule has 0 unspecified atom stereocenters. The number of benzene rings is 1. The first-order valence-corrected chi connectivity index (χ1v) is 6.13. The second-order valence-electron chi connectivity index (χ2n) is 4.17. The maximum Gasteiger partial charge on any atom is 0.418 e. The second-order valence-corrected chi connectivity index (χ2v) is 4.55. The lowest BCUT2D eigenvalue weighted by atomic mass is 10.0. The van der Waals surface area contributed by atoms with Crippen molar-refractivity contribution in [2.45, 2.75) is 6.18 Å². The highest BCUT2D eigenvalue weighted by atomic mass is 35.5. The van der Waals surface area contributed by atoms with Crippen LogP contribution in [0.5, 0.6) is 11.5 Å². The highest BCUT2D eigenvalue weighted by Gasteiger charge is 2.39. The quantitative estimate of drug-likeness (QED) is 0.927. The minimum Gasteiger partial charge on any atom is -0.495 e. The van der Waals surface area contributed by atoms with Crippen molar-refractivity contribution in [3.63, 3.8) is 0 Å². The van der Waals surface area contributed by atoms with Crippen LogP contribution in [0.3, 0.4) is 0 Å². The summed E-state index contributed by atoms with van der Waals surface area (Å²) >= 11 is 5.95. The van der Waals surface area contributed by atoms with E-state index in [9.17, 15) is 18.0 Å². The largest absolute Gasteiger partial charge is 0.495 e. The van der Waals surface area contributed by atoms with Crippen molar-refractivity contribution in [1.82, 2.24) is 4.98 Å². The van der Waals surface area contributed by atoms with Crippen LogP contribution in [-0.2, 0) is 6.18 Å². The predicted octanol–water partition coefficient (Wildman–Crippen LogP) is 3.62. The summed E-state index contributed by atoms with van der Waals surface area (Å²) in [6.45, 7) is 0. The molecule has 0 atom stereocenters. The fraction of sp³-hybridized carbons (Fsp3) is 0.231. The van der Waals surface area contributed by atoms with Crippen LogP contribution < -0.4 is 9.47 Å². The van der Waals surface area contributed by atoms with E-state index in [-0.39, 0.29) is 22.0 Å². The third kappa shape index (κ3) is 2.50. The normalized spacial score (nSPS) is 11.5. The molecule has 5 nitrogen and oxygen atoms in total. The Labute approximate surface area is 127 Å². The molecule has 2 aromatic rings. The highest BCUT2D eigenvalue weighted by Crippen LogP contribution is 2.45. The molecule has 0 bridgehead atoms. The van der Waals surface area contributed by atoms with Gasteiger partial charge in [0.25, 0.3) is 0 Å². The number of hydrogen-bond acceptors (Lipinski definition) is 4. The first-order valence-electron chi connectivity index (χ1n) is 5.76. The molecule has 1 aromatic heterocycles. The van der Waals surface area contributed by atoms with E-state index in [0.717, 1.165) is 0 Å². The molecule has 0 saturated carbocycles. The van der Waals surface area contributed by atoms with Gasteiger partial charge in [0, 0.05) is 17.6 Å². The van der Waals surface area contributed by atoms with Crippen molar-refractivity contribution >= 4 is 28.5 Å². The van der Waals surface area contributed by atoms with Crippen LogP contribution in [0.1, 0.15) is 15.9 Å². The third-order valence-electron chi connectivity index (χ3n) is 2.96. The number of rotatable bonds is 3. The molecule has 0 fully saturated rings. The Hall–Kier alpha value is -2.22. The van der Waals surface area contributed by atoms with E-state index >= 15 is 0 Å². The van der Waals surface area contributed by atoms with Crippen molar-refractivity contribution < 1.29 is 32.5 Å². The number of carbonyl (C=O) groups is 1. The number of aromatic nitrogens is 1. The van der Waals surface area contributed by atoms with E-state index in [1.54, 1.807) is 0 Å². The predicted molar refractivity (Wildman–Crippen MR) is 71.8 cm³/mol. The zero-order chi connectivity index (χ0) is 16.7. The molecule has 0 amide bonds. The minimum atomic E-state index is -4.95. The van der Waals surface area contributed by atoms with Crippen LogP contribution >= 0.6 is 11.6 Å². The van der Waals surface area contributed by atoms with Crippen molar-refractivity contribution in [2.24, 2.45) is 0 Å². The van der Waals surface area contributed by atoms with E-state index in [4.69, 9.17) is 26.2 Å². The Balaban J connectivity index is 3.09. The summed E-state index contributed by atoms with van der Waals surface area (Å²) in [5.41, 5.74) is -2.60. The third-order valence-corrected chi connectivity index (χ3v) is 3.34. The number of pyridine rings is 1. The number of carboxylic acids is 1. The Morgan fingerprint density at radius 2 is 1.86 bits per heavy atom. The average Bonchev–Trinajstić information content (AvgIpc) is 2.45. The number of nitrogens with zero attached hydrogens (tertiary/aromatic N) is 1. The van der Waals surface area contributed by atoms with Crippen molar-refractivity contribution in [2.75, 3.05) is 14.2 Å². The molecule has 0 radical (unpaired) electrons. The number of hydrogen-bond donors (Lipinski definition) is 1. The lowest BCUT2D eigenvalue weighted by Crippen LogP contribution is -2.15. The van der Waals surface area contributed by atoms with Gasteiger partial charge >= 0.3 is 12.1 Å². The van der Waals surface area contributed by atoms with Crippen LogP contribution in [-0.4, -0.2) is 30.3 Å².